The van der Waals surface area contributed by atoms with Crippen LogP contribution in [-0.4, -0.2) is 37.3 Å². The largest absolute Gasteiger partial charge is 0.317 e. The molecule has 1 heterocycles. The first-order chi connectivity index (χ1) is 6.29. The molecule has 0 aliphatic carbocycles. The lowest BCUT2D eigenvalue weighted by Crippen LogP contribution is -2.46. The summed E-state index contributed by atoms with van der Waals surface area (Å²) in [5.41, 5.74) is 0. The van der Waals surface area contributed by atoms with Crippen molar-refractivity contribution in [2.45, 2.75) is 45.2 Å². The number of nitrogens with one attached hydrogen (secondary N) is 1. The van der Waals surface area contributed by atoms with Crippen LogP contribution in [0.4, 0.5) is 0 Å². The van der Waals surface area contributed by atoms with Crippen molar-refractivity contribution in [2.24, 2.45) is 0 Å². The Kier molecular flexibility index (Phi) is 4.70. The zero-order valence-corrected chi connectivity index (χ0v) is 9.05. The first kappa shape index (κ1) is 11.0. The minimum atomic E-state index is 0.535. The highest BCUT2D eigenvalue weighted by Crippen LogP contribution is 2.16. The summed E-state index contributed by atoms with van der Waals surface area (Å²) in [4.78, 5) is 5.45. The molecular weight excluding hydrogens is 164 g/mol. The fourth-order valence-electron chi connectivity index (χ4n) is 1.93. The van der Waals surface area contributed by atoms with E-state index in [1.54, 1.807) is 7.11 Å². The van der Waals surface area contributed by atoms with Gasteiger partial charge in [0.1, 0.15) is 0 Å². The average molecular weight is 186 g/mol. The quantitative estimate of drug-likeness (QED) is 0.672. The molecule has 1 atom stereocenters. The predicted molar refractivity (Wildman–Crippen MR) is 54.5 cm³/mol. The van der Waals surface area contributed by atoms with Gasteiger partial charge in [0.2, 0.25) is 0 Å². The molecule has 1 aliphatic rings. The monoisotopic (exact) mass is 186 g/mol. The number of rotatable bonds is 4. The molecule has 0 amide bonds. The Morgan fingerprint density at radius 3 is 2.54 bits per heavy atom. The van der Waals surface area contributed by atoms with Gasteiger partial charge in [0.15, 0.2) is 0 Å². The van der Waals surface area contributed by atoms with Crippen LogP contribution in [0.5, 0.6) is 0 Å². The van der Waals surface area contributed by atoms with Crippen molar-refractivity contribution in [3.8, 4) is 0 Å². The molecule has 1 aliphatic heterocycles. The second-order valence-electron chi connectivity index (χ2n) is 3.78. The van der Waals surface area contributed by atoms with Crippen molar-refractivity contribution in [1.29, 1.82) is 0 Å². The van der Waals surface area contributed by atoms with Crippen LogP contribution in [0.2, 0.25) is 0 Å². The van der Waals surface area contributed by atoms with Gasteiger partial charge < -0.3 is 10.2 Å². The van der Waals surface area contributed by atoms with E-state index in [9.17, 15) is 0 Å². The van der Waals surface area contributed by atoms with E-state index < -0.39 is 0 Å². The van der Waals surface area contributed by atoms with Crippen molar-refractivity contribution >= 4 is 0 Å². The van der Waals surface area contributed by atoms with Gasteiger partial charge in [-0.2, -0.15) is 5.06 Å². The molecule has 1 unspecified atom stereocenters. The molecule has 1 fully saturated rings. The molecule has 0 bridgehead atoms. The molecule has 3 nitrogen and oxygen atoms in total. The van der Waals surface area contributed by atoms with E-state index in [0.29, 0.717) is 12.1 Å². The molecule has 3 heteroatoms. The molecule has 1 rings (SSSR count). The first-order valence-corrected chi connectivity index (χ1v) is 5.32. The highest BCUT2D eigenvalue weighted by Gasteiger charge is 2.24. The molecule has 0 radical (unpaired) electrons. The number of hydrogen-bond acceptors (Lipinski definition) is 3. The standard InChI is InChI=1S/C10H22N2O/c1-4-9(2)12(13-3)10-5-7-11-8-6-10/h9-11H,4-8H2,1-3H3. The van der Waals surface area contributed by atoms with Crippen molar-refractivity contribution in [3.63, 3.8) is 0 Å². The van der Waals surface area contributed by atoms with Crippen molar-refractivity contribution in [2.75, 3.05) is 20.2 Å². The maximum atomic E-state index is 5.45. The van der Waals surface area contributed by atoms with Crippen LogP contribution in [0.3, 0.4) is 0 Å². The van der Waals surface area contributed by atoms with Gasteiger partial charge in [-0.05, 0) is 39.3 Å². The van der Waals surface area contributed by atoms with Gasteiger partial charge in [-0.25, -0.2) is 0 Å². The van der Waals surface area contributed by atoms with E-state index in [-0.39, 0.29) is 0 Å². The average Bonchev–Trinajstić information content (AvgIpc) is 2.20. The fraction of sp³-hybridized carbons (Fsp3) is 1.00. The molecule has 0 aromatic rings. The van der Waals surface area contributed by atoms with Crippen LogP contribution < -0.4 is 5.32 Å². The Bertz CT molecular complexity index is 135. The van der Waals surface area contributed by atoms with Gasteiger partial charge in [-0.15, -0.1) is 0 Å². The molecule has 0 saturated carbocycles. The summed E-state index contributed by atoms with van der Waals surface area (Å²) < 4.78 is 0. The Labute approximate surface area is 81.4 Å². The number of piperidine rings is 1. The van der Waals surface area contributed by atoms with Crippen LogP contribution in [0.1, 0.15) is 33.1 Å². The third-order valence-electron chi connectivity index (χ3n) is 2.90. The van der Waals surface area contributed by atoms with Gasteiger partial charge in [-0.3, -0.25) is 0 Å². The molecule has 0 aromatic carbocycles. The van der Waals surface area contributed by atoms with Gasteiger partial charge in [0, 0.05) is 12.1 Å². The minimum Gasteiger partial charge on any atom is -0.317 e. The lowest BCUT2D eigenvalue weighted by Gasteiger charge is -2.36. The first-order valence-electron chi connectivity index (χ1n) is 5.32. The van der Waals surface area contributed by atoms with Crippen molar-refractivity contribution < 1.29 is 4.84 Å². The second kappa shape index (κ2) is 5.58. The van der Waals surface area contributed by atoms with E-state index in [2.05, 4.69) is 24.2 Å². The van der Waals surface area contributed by atoms with Crippen molar-refractivity contribution in [3.05, 3.63) is 0 Å². The van der Waals surface area contributed by atoms with Gasteiger partial charge in [-0.1, -0.05) is 6.92 Å². The normalized spacial score (nSPS) is 22.2. The van der Waals surface area contributed by atoms with E-state index in [1.807, 2.05) is 0 Å². The highest BCUT2D eigenvalue weighted by molar-refractivity contribution is 4.76. The van der Waals surface area contributed by atoms with Gasteiger partial charge in [0.05, 0.1) is 7.11 Å². The Morgan fingerprint density at radius 1 is 1.46 bits per heavy atom. The topological polar surface area (TPSA) is 24.5 Å². The van der Waals surface area contributed by atoms with Gasteiger partial charge in [0.25, 0.3) is 0 Å². The lowest BCUT2D eigenvalue weighted by atomic mass is 10.0. The van der Waals surface area contributed by atoms with Crippen molar-refractivity contribution in [1.82, 2.24) is 10.4 Å². The summed E-state index contributed by atoms with van der Waals surface area (Å²) in [5, 5.41) is 5.54. The van der Waals surface area contributed by atoms with E-state index in [0.717, 1.165) is 19.5 Å². The minimum absolute atomic E-state index is 0.535. The van der Waals surface area contributed by atoms with Crippen LogP contribution in [0.15, 0.2) is 0 Å². The lowest BCUT2D eigenvalue weighted by molar-refractivity contribution is -0.192. The maximum absolute atomic E-state index is 5.45. The molecule has 78 valence electrons. The zero-order valence-electron chi connectivity index (χ0n) is 9.05. The summed E-state index contributed by atoms with van der Waals surface area (Å²) >= 11 is 0. The second-order valence-corrected chi connectivity index (χ2v) is 3.78. The molecule has 1 saturated heterocycles. The third-order valence-corrected chi connectivity index (χ3v) is 2.90. The predicted octanol–water partition coefficient (Wildman–Crippen LogP) is 1.40. The summed E-state index contributed by atoms with van der Waals surface area (Å²) in [6, 6.07) is 1.15. The Morgan fingerprint density at radius 2 is 2.08 bits per heavy atom. The molecular formula is C10H22N2O. The third kappa shape index (κ3) is 2.93. The van der Waals surface area contributed by atoms with Crippen LogP contribution in [-0.2, 0) is 4.84 Å². The highest BCUT2D eigenvalue weighted by atomic mass is 16.7. The summed E-state index contributed by atoms with van der Waals surface area (Å²) in [6.45, 7) is 6.69. The Balaban J connectivity index is 2.43. The zero-order chi connectivity index (χ0) is 9.68. The van der Waals surface area contributed by atoms with Crippen LogP contribution in [0.25, 0.3) is 0 Å². The summed E-state index contributed by atoms with van der Waals surface area (Å²) in [6.07, 6.45) is 3.56. The number of hydroxylamine groups is 2. The Hall–Kier alpha value is -0.120. The number of hydrogen-bond donors (Lipinski definition) is 1. The number of nitrogens with zero attached hydrogens (tertiary/aromatic N) is 1. The smallest absolute Gasteiger partial charge is 0.0575 e. The maximum Gasteiger partial charge on any atom is 0.0575 e. The molecule has 13 heavy (non-hydrogen) atoms. The van der Waals surface area contributed by atoms with E-state index in [4.69, 9.17) is 4.84 Å². The summed E-state index contributed by atoms with van der Waals surface area (Å²) in [5.74, 6) is 0. The van der Waals surface area contributed by atoms with Gasteiger partial charge >= 0.3 is 0 Å². The molecule has 0 aromatic heterocycles. The fourth-order valence-corrected chi connectivity index (χ4v) is 1.93. The molecule has 0 spiro atoms. The SMILES string of the molecule is CCC(C)N(OC)C1CCNCC1. The van der Waals surface area contributed by atoms with Crippen LogP contribution in [0, 0.1) is 0 Å². The van der Waals surface area contributed by atoms with Crippen LogP contribution >= 0.6 is 0 Å². The summed E-state index contributed by atoms with van der Waals surface area (Å²) in [7, 11) is 1.79. The van der Waals surface area contributed by atoms with E-state index in [1.165, 1.54) is 12.8 Å². The van der Waals surface area contributed by atoms with E-state index >= 15 is 0 Å². The molecule has 1 N–H and O–H groups in total.